The van der Waals surface area contributed by atoms with Crippen LogP contribution in [0.4, 0.5) is 0 Å². The van der Waals surface area contributed by atoms with E-state index < -0.39 is 74.6 Å². The van der Waals surface area contributed by atoms with Crippen LogP contribution in [0.25, 0.3) is 0 Å². The van der Waals surface area contributed by atoms with Crippen molar-refractivity contribution in [3.8, 4) is 0 Å². The van der Waals surface area contributed by atoms with Gasteiger partial charge in [0.15, 0.2) is 12.6 Å². The van der Waals surface area contributed by atoms with Crippen LogP contribution in [0, 0.1) is 0 Å². The lowest BCUT2D eigenvalue weighted by Crippen LogP contribution is -2.65. The fourth-order valence-corrected chi connectivity index (χ4v) is 2.54. The Kier molecular flexibility index (Phi) is 6.27. The molecule has 10 atom stereocenters. The van der Waals surface area contributed by atoms with Crippen LogP contribution in [-0.4, -0.2) is 110 Å². The molecule has 0 saturated carbocycles. The molecular weight excluding hydrogens is 318 g/mol. The van der Waals surface area contributed by atoms with Crippen molar-refractivity contribution in [1.82, 2.24) is 0 Å². The van der Waals surface area contributed by atoms with E-state index in [1.165, 1.54) is 0 Å². The van der Waals surface area contributed by atoms with Gasteiger partial charge in [0.1, 0.15) is 42.7 Å². The normalized spacial score (nSPS) is 51.7. The third kappa shape index (κ3) is 3.65. The van der Waals surface area contributed by atoms with Gasteiger partial charge < -0.3 is 55.7 Å². The van der Waals surface area contributed by atoms with Crippen molar-refractivity contribution in [3.05, 3.63) is 0 Å². The predicted octanol–water partition coefficient (Wildman–Crippen LogP) is -5.43. The Labute approximate surface area is 131 Å². The minimum atomic E-state index is -1.68. The van der Waals surface area contributed by atoms with E-state index in [9.17, 15) is 25.5 Å². The largest absolute Gasteiger partial charge is 0.394 e. The Balaban J connectivity index is 2.07. The molecule has 2 aliphatic heterocycles. The first kappa shape index (κ1) is 18.9. The van der Waals surface area contributed by atoms with Gasteiger partial charge in [-0.05, 0) is 0 Å². The lowest BCUT2D eigenvalue weighted by Gasteiger charge is -2.44. The van der Waals surface area contributed by atoms with E-state index >= 15 is 0 Å². The summed E-state index contributed by atoms with van der Waals surface area (Å²) in [6.45, 7) is -1.23. The predicted molar refractivity (Wildman–Crippen MR) is 70.6 cm³/mol. The maximum Gasteiger partial charge on any atom is 0.189 e. The highest BCUT2D eigenvalue weighted by Gasteiger charge is 2.49. The summed E-state index contributed by atoms with van der Waals surface area (Å²) < 4.78 is 15.5. The number of rotatable bonds is 4. The molecule has 2 rings (SSSR count). The molecule has 0 radical (unpaired) electrons. The summed E-state index contributed by atoms with van der Waals surface area (Å²) in [5.74, 6) is 0. The lowest BCUT2D eigenvalue weighted by molar-refractivity contribution is -0.368. The quantitative estimate of drug-likeness (QED) is 0.243. The minimum Gasteiger partial charge on any atom is -0.394 e. The van der Waals surface area contributed by atoms with E-state index in [2.05, 4.69) is 0 Å². The van der Waals surface area contributed by atoms with Gasteiger partial charge >= 0.3 is 0 Å². The van der Waals surface area contributed by atoms with Crippen molar-refractivity contribution in [1.29, 1.82) is 0 Å². The van der Waals surface area contributed by atoms with Crippen molar-refractivity contribution in [2.75, 3.05) is 13.2 Å². The summed E-state index contributed by atoms with van der Waals surface area (Å²) in [5, 5.41) is 67.1. The summed E-state index contributed by atoms with van der Waals surface area (Å²) in [6, 6.07) is -1.18. The molecule has 0 amide bonds. The van der Waals surface area contributed by atoms with Gasteiger partial charge in [0.25, 0.3) is 0 Å². The maximum atomic E-state index is 9.96. The Morgan fingerprint density at radius 3 is 1.70 bits per heavy atom. The number of aliphatic hydroxyl groups is 7. The van der Waals surface area contributed by atoms with Gasteiger partial charge in [0, 0.05) is 0 Å². The molecule has 2 fully saturated rings. The number of nitrogens with two attached hydrogens (primary N) is 1. The average Bonchev–Trinajstić information content (AvgIpc) is 2.55. The van der Waals surface area contributed by atoms with Crippen molar-refractivity contribution >= 4 is 0 Å². The zero-order chi connectivity index (χ0) is 17.3. The molecule has 0 aliphatic carbocycles. The van der Waals surface area contributed by atoms with E-state index in [1.54, 1.807) is 0 Å². The molecule has 0 spiro atoms. The van der Waals surface area contributed by atoms with Gasteiger partial charge in [-0.3, -0.25) is 0 Å². The van der Waals surface area contributed by atoms with Crippen LogP contribution in [-0.2, 0) is 14.2 Å². The van der Waals surface area contributed by atoms with Crippen LogP contribution in [0.3, 0.4) is 0 Å². The fraction of sp³-hybridized carbons (Fsp3) is 1.00. The Morgan fingerprint density at radius 1 is 0.696 bits per heavy atom. The first-order chi connectivity index (χ1) is 10.8. The molecule has 11 heteroatoms. The fourth-order valence-electron chi connectivity index (χ4n) is 2.54. The number of hydrogen-bond acceptors (Lipinski definition) is 11. The highest BCUT2D eigenvalue weighted by Crippen LogP contribution is 2.27. The second-order valence-corrected chi connectivity index (χ2v) is 5.62. The average molecular weight is 341 g/mol. The first-order valence-corrected chi connectivity index (χ1v) is 7.15. The van der Waals surface area contributed by atoms with Gasteiger partial charge in [-0.15, -0.1) is 0 Å². The molecule has 23 heavy (non-hydrogen) atoms. The summed E-state index contributed by atoms with van der Waals surface area (Å²) in [4.78, 5) is 0. The zero-order valence-electron chi connectivity index (χ0n) is 12.1. The minimum absolute atomic E-state index is 0.587. The van der Waals surface area contributed by atoms with Crippen LogP contribution in [0.5, 0.6) is 0 Å². The number of hydrogen-bond donors (Lipinski definition) is 8. The van der Waals surface area contributed by atoms with Gasteiger partial charge in [0.05, 0.1) is 19.3 Å². The van der Waals surface area contributed by atoms with E-state index in [1.807, 2.05) is 0 Å². The van der Waals surface area contributed by atoms with Crippen LogP contribution in [0.1, 0.15) is 0 Å². The van der Waals surface area contributed by atoms with E-state index in [0.29, 0.717) is 0 Å². The number of ether oxygens (including phenoxy) is 3. The molecule has 0 aromatic heterocycles. The van der Waals surface area contributed by atoms with E-state index in [0.717, 1.165) is 0 Å². The van der Waals surface area contributed by atoms with Crippen molar-refractivity contribution in [2.45, 2.75) is 61.3 Å². The Morgan fingerprint density at radius 2 is 1.17 bits per heavy atom. The standard InChI is InChI=1S/C12H23NO10/c13-5-6(16)3(1-14)21-11(8(5)18)23-12-10(20)9(19)7(17)4(2-15)22-12/h3-12,14-20H,1-2,13H2/t3-,4-,5+,6-,7-,8-,9+,10-,11-,12-/m1/s1. The molecule has 2 aliphatic rings. The van der Waals surface area contributed by atoms with Crippen molar-refractivity contribution in [3.63, 3.8) is 0 Å². The third-order valence-electron chi connectivity index (χ3n) is 4.05. The zero-order valence-corrected chi connectivity index (χ0v) is 12.1. The molecule has 11 nitrogen and oxygen atoms in total. The van der Waals surface area contributed by atoms with Crippen LogP contribution >= 0.6 is 0 Å². The summed E-state index contributed by atoms with van der Waals surface area (Å²) in [5.41, 5.74) is 5.62. The van der Waals surface area contributed by atoms with E-state index in [4.69, 9.17) is 30.2 Å². The molecule has 0 aromatic carbocycles. The first-order valence-electron chi connectivity index (χ1n) is 7.15. The van der Waals surface area contributed by atoms with Crippen LogP contribution in [0.2, 0.25) is 0 Å². The topological polar surface area (TPSA) is 195 Å². The van der Waals surface area contributed by atoms with E-state index in [-0.39, 0.29) is 0 Å². The highest BCUT2D eigenvalue weighted by atomic mass is 16.8. The molecule has 0 aromatic rings. The second-order valence-electron chi connectivity index (χ2n) is 5.62. The molecule has 9 N–H and O–H groups in total. The lowest BCUT2D eigenvalue weighted by atomic mass is 9.97. The van der Waals surface area contributed by atoms with Gasteiger partial charge in [-0.1, -0.05) is 0 Å². The SMILES string of the molecule is N[C@@H]1[C@@H](O)[C@@H](O[C@H]2O[C@H](CO)[C@@H](O)[C@H](O)[C@H]2O)O[C@H](CO)[C@H]1O. The summed E-state index contributed by atoms with van der Waals surface area (Å²) >= 11 is 0. The van der Waals surface area contributed by atoms with Crippen LogP contribution in [0.15, 0.2) is 0 Å². The van der Waals surface area contributed by atoms with Crippen molar-refractivity contribution < 1.29 is 50.0 Å². The second kappa shape index (κ2) is 7.63. The monoisotopic (exact) mass is 341 g/mol. The van der Waals surface area contributed by atoms with Gasteiger partial charge in [0.2, 0.25) is 0 Å². The smallest absolute Gasteiger partial charge is 0.189 e. The summed E-state index contributed by atoms with van der Waals surface area (Å²) in [6.07, 6.45) is -13.0. The summed E-state index contributed by atoms with van der Waals surface area (Å²) in [7, 11) is 0. The Hall–Kier alpha value is -0.440. The van der Waals surface area contributed by atoms with Crippen molar-refractivity contribution in [2.24, 2.45) is 5.73 Å². The molecule has 2 saturated heterocycles. The third-order valence-corrected chi connectivity index (χ3v) is 4.05. The molecule has 0 bridgehead atoms. The maximum absolute atomic E-state index is 9.96. The molecule has 136 valence electrons. The molecular formula is C12H23NO10. The molecule has 0 unspecified atom stereocenters. The Bertz CT molecular complexity index is 349. The highest BCUT2D eigenvalue weighted by molar-refractivity contribution is 4.93. The number of aliphatic hydroxyl groups excluding tert-OH is 7. The van der Waals surface area contributed by atoms with Gasteiger partial charge in [-0.2, -0.15) is 0 Å². The van der Waals surface area contributed by atoms with Gasteiger partial charge in [-0.25, -0.2) is 0 Å². The van der Waals surface area contributed by atoms with Crippen LogP contribution < -0.4 is 5.73 Å². The molecule has 2 heterocycles.